The van der Waals surface area contributed by atoms with Crippen LogP contribution in [0.1, 0.15) is 56.0 Å². The van der Waals surface area contributed by atoms with Crippen molar-refractivity contribution in [2.45, 2.75) is 47.0 Å². The predicted molar refractivity (Wildman–Crippen MR) is 161 cm³/mol. The van der Waals surface area contributed by atoms with Crippen molar-refractivity contribution in [1.29, 1.82) is 0 Å². The lowest BCUT2D eigenvalue weighted by molar-refractivity contribution is -0.136. The first-order valence-electron chi connectivity index (χ1n) is 14.1. The maximum Gasteiger partial charge on any atom is 0.359 e. The predicted octanol–water partition coefficient (Wildman–Crippen LogP) is 4.20. The molecule has 0 unspecified atom stereocenters. The highest BCUT2D eigenvalue weighted by atomic mass is 16.6. The Labute approximate surface area is 251 Å². The summed E-state index contributed by atoms with van der Waals surface area (Å²) in [6.45, 7) is 8.00. The lowest BCUT2D eigenvalue weighted by Crippen LogP contribution is -2.32. The Morgan fingerprint density at radius 3 is 2.35 bits per heavy atom. The zero-order chi connectivity index (χ0) is 31.8. The minimum atomic E-state index is -0.997. The molecule has 1 N–H and O–H groups in total. The Balaban J connectivity index is 1.74. The largest absolute Gasteiger partial charge is 0.506 e. The number of aryl methyl sites for hydroxylation is 1. The summed E-state index contributed by atoms with van der Waals surface area (Å²) < 4.78 is 15.6. The van der Waals surface area contributed by atoms with Crippen molar-refractivity contribution in [1.82, 2.24) is 9.91 Å². The summed E-state index contributed by atoms with van der Waals surface area (Å²) in [5.74, 6) is -2.78. The molecule has 1 aromatic rings. The summed E-state index contributed by atoms with van der Waals surface area (Å²) >= 11 is 0. The van der Waals surface area contributed by atoms with Gasteiger partial charge in [-0.05, 0) is 56.0 Å². The Morgan fingerprint density at radius 1 is 1.07 bits per heavy atom. The number of nitrogens with zero attached hydrogens (tertiary/aromatic N) is 3. The van der Waals surface area contributed by atoms with E-state index in [1.807, 2.05) is 27.0 Å². The lowest BCUT2D eigenvalue weighted by Gasteiger charge is -2.24. The number of amides is 1. The first-order chi connectivity index (χ1) is 20.5. The minimum absolute atomic E-state index is 0.0973. The maximum atomic E-state index is 13.3. The third-order valence-electron chi connectivity index (χ3n) is 7.26. The van der Waals surface area contributed by atoms with E-state index in [1.54, 1.807) is 31.2 Å². The molecular weight excluding hydrogens is 554 g/mol. The summed E-state index contributed by atoms with van der Waals surface area (Å²) in [5, 5.41) is 15.8. The molecule has 1 aliphatic carbocycles. The SMILES string of the molecule is CCCCN(C)C(C)=CC=C(CC)C1=C(O)C(=C2C(=O)N(C)N=C2C(=O)OCCOC(=O)c2cc(OC)ccc2C)C1=O. The number of rotatable bonds is 13. The second kappa shape index (κ2) is 14.5. The average molecular weight is 594 g/mol. The van der Waals surface area contributed by atoms with Crippen LogP contribution >= 0.6 is 0 Å². The van der Waals surface area contributed by atoms with Crippen LogP contribution in [-0.2, 0) is 23.9 Å². The number of ketones is 1. The number of likely N-dealkylation sites (N-methyl/N-ethyl adjacent to an activating group) is 1. The Bertz CT molecular complexity index is 1460. The van der Waals surface area contributed by atoms with Gasteiger partial charge in [0.05, 0.1) is 29.4 Å². The molecule has 1 aliphatic heterocycles. The van der Waals surface area contributed by atoms with Crippen molar-refractivity contribution in [2.75, 3.05) is 41.0 Å². The van der Waals surface area contributed by atoms with E-state index in [0.29, 0.717) is 28.9 Å². The van der Waals surface area contributed by atoms with Crippen LogP contribution in [0.3, 0.4) is 0 Å². The number of carbonyl (C=O) groups excluding carboxylic acids is 4. The Kier molecular flexibility index (Phi) is 11.1. The molecule has 0 bridgehead atoms. The number of esters is 2. The van der Waals surface area contributed by atoms with Crippen LogP contribution in [0.15, 0.2) is 69.2 Å². The molecule has 3 rings (SSSR count). The molecule has 11 heteroatoms. The van der Waals surface area contributed by atoms with Gasteiger partial charge in [-0.3, -0.25) is 9.59 Å². The maximum absolute atomic E-state index is 13.3. The zero-order valence-corrected chi connectivity index (χ0v) is 25.8. The minimum Gasteiger partial charge on any atom is -0.506 e. The van der Waals surface area contributed by atoms with Crippen LogP contribution in [0.25, 0.3) is 0 Å². The number of methoxy groups -OCH3 is 1. The first-order valence-corrected chi connectivity index (χ1v) is 14.1. The quantitative estimate of drug-likeness (QED) is 0.155. The molecule has 1 aromatic carbocycles. The number of hydrogen-bond donors (Lipinski definition) is 1. The fraction of sp³-hybridized carbons (Fsp3) is 0.406. The molecule has 0 saturated heterocycles. The van der Waals surface area contributed by atoms with Gasteiger partial charge in [0, 0.05) is 26.3 Å². The van der Waals surface area contributed by atoms with Gasteiger partial charge in [0.1, 0.15) is 24.7 Å². The molecule has 0 spiro atoms. The van der Waals surface area contributed by atoms with Crippen molar-refractivity contribution >= 4 is 29.3 Å². The highest BCUT2D eigenvalue weighted by Gasteiger charge is 2.45. The van der Waals surface area contributed by atoms with Gasteiger partial charge in [-0.2, -0.15) is 5.10 Å². The second-order valence-electron chi connectivity index (χ2n) is 10.2. The molecule has 0 radical (unpaired) electrons. The summed E-state index contributed by atoms with van der Waals surface area (Å²) in [4.78, 5) is 53.6. The van der Waals surface area contributed by atoms with Crippen molar-refractivity contribution in [3.05, 3.63) is 75.2 Å². The van der Waals surface area contributed by atoms with Crippen LogP contribution in [0.2, 0.25) is 0 Å². The number of hydrazone groups is 1. The molecular formula is C32H39N3O8. The highest BCUT2D eigenvalue weighted by molar-refractivity contribution is 6.53. The van der Waals surface area contributed by atoms with Crippen LogP contribution in [0, 0.1) is 6.92 Å². The number of benzene rings is 1. The van der Waals surface area contributed by atoms with Gasteiger partial charge in [-0.1, -0.05) is 32.4 Å². The van der Waals surface area contributed by atoms with Gasteiger partial charge >= 0.3 is 11.9 Å². The molecule has 43 heavy (non-hydrogen) atoms. The molecule has 1 amide bonds. The molecule has 0 fully saturated rings. The molecule has 0 atom stereocenters. The number of unbranched alkanes of at least 4 members (excludes halogenated alkanes) is 1. The van der Waals surface area contributed by atoms with Crippen LogP contribution < -0.4 is 4.74 Å². The number of aliphatic hydroxyl groups excluding tert-OH is 1. The van der Waals surface area contributed by atoms with E-state index >= 15 is 0 Å². The fourth-order valence-corrected chi connectivity index (χ4v) is 4.47. The highest BCUT2D eigenvalue weighted by Crippen LogP contribution is 2.38. The standard InChI is InChI=1S/C32H39N3O8/c1-8-10-15-34(5)20(4)12-13-21(9-2)24-28(36)26(29(24)37)25-27(33-35(6)30(25)38)32(40)43-17-16-42-31(39)23-18-22(41-7)14-11-19(23)3/h11-14,18,36H,8-10,15-17H2,1-7H3. The Morgan fingerprint density at radius 2 is 1.74 bits per heavy atom. The zero-order valence-electron chi connectivity index (χ0n) is 25.8. The fourth-order valence-electron chi connectivity index (χ4n) is 4.47. The summed E-state index contributed by atoms with van der Waals surface area (Å²) in [6.07, 6.45) is 6.25. The molecule has 11 nitrogen and oxygen atoms in total. The number of ether oxygens (including phenoxy) is 3. The van der Waals surface area contributed by atoms with Crippen LogP contribution in [-0.4, -0.2) is 85.3 Å². The topological polar surface area (TPSA) is 135 Å². The molecule has 0 aromatic heterocycles. The third kappa shape index (κ3) is 7.22. The van der Waals surface area contributed by atoms with E-state index in [-0.39, 0.29) is 35.7 Å². The lowest BCUT2D eigenvalue weighted by atomic mass is 9.78. The van der Waals surface area contributed by atoms with Gasteiger partial charge in [-0.15, -0.1) is 0 Å². The first kappa shape index (κ1) is 32.8. The summed E-state index contributed by atoms with van der Waals surface area (Å²) in [7, 11) is 4.80. The number of Topliss-reactive ketones (excluding diaryl/α,β-unsaturated/α-hetero) is 1. The molecule has 0 saturated carbocycles. The van der Waals surface area contributed by atoms with Crippen molar-refractivity contribution in [3.63, 3.8) is 0 Å². The van der Waals surface area contributed by atoms with E-state index < -0.39 is 29.3 Å². The number of allylic oxidation sites excluding steroid dienone is 6. The second-order valence-corrected chi connectivity index (χ2v) is 10.2. The number of aliphatic hydroxyl groups is 1. The van der Waals surface area contributed by atoms with E-state index in [0.717, 1.165) is 30.1 Å². The van der Waals surface area contributed by atoms with Crippen molar-refractivity contribution in [3.8, 4) is 5.75 Å². The van der Waals surface area contributed by atoms with Gasteiger partial charge in [0.25, 0.3) is 5.91 Å². The normalized spacial score (nSPS) is 17.2. The third-order valence-corrected chi connectivity index (χ3v) is 7.26. The smallest absolute Gasteiger partial charge is 0.359 e. The van der Waals surface area contributed by atoms with Gasteiger partial charge < -0.3 is 24.2 Å². The van der Waals surface area contributed by atoms with Crippen LogP contribution in [0.5, 0.6) is 5.75 Å². The van der Waals surface area contributed by atoms with Gasteiger partial charge in [0.2, 0.25) is 5.78 Å². The average Bonchev–Trinajstić information content (AvgIpc) is 3.28. The summed E-state index contributed by atoms with van der Waals surface area (Å²) in [6, 6.07) is 4.98. The van der Waals surface area contributed by atoms with Crippen molar-refractivity contribution < 1.29 is 38.5 Å². The number of hydrogen-bond acceptors (Lipinski definition) is 10. The number of carbonyl (C=O) groups is 4. The molecule has 2 aliphatic rings. The van der Waals surface area contributed by atoms with E-state index in [9.17, 15) is 24.3 Å². The van der Waals surface area contributed by atoms with E-state index in [2.05, 4.69) is 16.9 Å². The molecule has 1 heterocycles. The van der Waals surface area contributed by atoms with Gasteiger partial charge in [-0.25, -0.2) is 14.6 Å². The van der Waals surface area contributed by atoms with E-state index in [1.165, 1.54) is 14.2 Å². The van der Waals surface area contributed by atoms with Gasteiger partial charge in [0.15, 0.2) is 5.71 Å². The van der Waals surface area contributed by atoms with E-state index in [4.69, 9.17) is 14.2 Å². The van der Waals surface area contributed by atoms with Crippen LogP contribution in [0.4, 0.5) is 0 Å². The monoisotopic (exact) mass is 593 g/mol. The Hall–Kier alpha value is -4.67. The molecule has 230 valence electrons. The summed E-state index contributed by atoms with van der Waals surface area (Å²) in [5.41, 5.74) is 1.67. The van der Waals surface area contributed by atoms with Crippen molar-refractivity contribution in [2.24, 2.45) is 5.10 Å².